The normalized spacial score (nSPS) is 32.5. The summed E-state index contributed by atoms with van der Waals surface area (Å²) < 4.78 is 5.57. The third-order valence-electron chi connectivity index (χ3n) is 5.32. The van der Waals surface area contributed by atoms with Crippen LogP contribution in [0.4, 0.5) is 0 Å². The highest BCUT2D eigenvalue weighted by atomic mass is 16.5. The second-order valence-corrected chi connectivity index (χ2v) is 6.42. The maximum atomic E-state index is 5.57. The molecule has 4 nitrogen and oxygen atoms in total. The number of nitrogens with zero attached hydrogens (tertiary/aromatic N) is 3. The van der Waals surface area contributed by atoms with Crippen LogP contribution in [0.15, 0.2) is 34.9 Å². The zero-order valence-electron chi connectivity index (χ0n) is 12.6. The molecule has 2 saturated heterocycles. The molecule has 2 fully saturated rings. The number of fused-ring (bicyclic) bond motifs is 2. The van der Waals surface area contributed by atoms with E-state index >= 15 is 0 Å². The Balaban J connectivity index is 1.77. The van der Waals surface area contributed by atoms with Crippen LogP contribution in [-0.4, -0.2) is 34.2 Å². The van der Waals surface area contributed by atoms with Crippen molar-refractivity contribution in [3.8, 4) is 0 Å². The van der Waals surface area contributed by atoms with Crippen LogP contribution in [0.25, 0.3) is 0 Å². The minimum Gasteiger partial charge on any atom is -0.339 e. The van der Waals surface area contributed by atoms with Gasteiger partial charge in [-0.1, -0.05) is 35.5 Å². The van der Waals surface area contributed by atoms with Crippen LogP contribution in [-0.2, 0) is 0 Å². The molecule has 4 heteroatoms. The molecular formula is C17H21N3O. The number of piperidine rings is 1. The molecular weight excluding hydrogens is 262 g/mol. The van der Waals surface area contributed by atoms with E-state index in [-0.39, 0.29) is 0 Å². The second kappa shape index (κ2) is 4.95. The summed E-state index contributed by atoms with van der Waals surface area (Å²) in [6, 6.07) is 12.0. The van der Waals surface area contributed by atoms with Crippen molar-refractivity contribution in [3.63, 3.8) is 0 Å². The highest BCUT2D eigenvalue weighted by molar-refractivity contribution is 5.27. The summed E-state index contributed by atoms with van der Waals surface area (Å²) in [6.45, 7) is 1.90. The van der Waals surface area contributed by atoms with E-state index in [4.69, 9.17) is 4.52 Å². The summed E-state index contributed by atoms with van der Waals surface area (Å²) in [6.07, 6.45) is 3.70. The number of hydrogen-bond acceptors (Lipinski definition) is 4. The second-order valence-electron chi connectivity index (χ2n) is 6.42. The number of aryl methyl sites for hydroxylation is 1. The maximum Gasteiger partial charge on any atom is 0.231 e. The molecule has 21 heavy (non-hydrogen) atoms. The third-order valence-corrected chi connectivity index (χ3v) is 5.32. The van der Waals surface area contributed by atoms with Crippen molar-refractivity contribution in [2.75, 3.05) is 7.05 Å². The van der Waals surface area contributed by atoms with Gasteiger partial charge >= 0.3 is 0 Å². The van der Waals surface area contributed by atoms with Crippen LogP contribution in [0.5, 0.6) is 0 Å². The average molecular weight is 283 g/mol. The van der Waals surface area contributed by atoms with Crippen molar-refractivity contribution in [1.29, 1.82) is 0 Å². The molecule has 0 saturated carbocycles. The van der Waals surface area contributed by atoms with Crippen LogP contribution in [0, 0.1) is 6.92 Å². The van der Waals surface area contributed by atoms with E-state index in [0.29, 0.717) is 23.9 Å². The zero-order valence-corrected chi connectivity index (χ0v) is 12.6. The summed E-state index contributed by atoms with van der Waals surface area (Å²) in [4.78, 5) is 7.09. The summed E-state index contributed by atoms with van der Waals surface area (Å²) in [5.74, 6) is 2.36. The van der Waals surface area contributed by atoms with Crippen LogP contribution in [0.3, 0.4) is 0 Å². The van der Waals surface area contributed by atoms with Gasteiger partial charge in [0, 0.05) is 12.1 Å². The van der Waals surface area contributed by atoms with Crippen molar-refractivity contribution in [3.05, 3.63) is 47.6 Å². The quantitative estimate of drug-likeness (QED) is 0.849. The van der Waals surface area contributed by atoms with E-state index in [0.717, 1.165) is 11.7 Å². The lowest BCUT2D eigenvalue weighted by atomic mass is 9.76. The fourth-order valence-electron chi connectivity index (χ4n) is 4.29. The van der Waals surface area contributed by atoms with Gasteiger partial charge in [0.1, 0.15) is 0 Å². The molecule has 0 amide bonds. The predicted molar refractivity (Wildman–Crippen MR) is 80.1 cm³/mol. The number of aromatic nitrogens is 2. The van der Waals surface area contributed by atoms with Gasteiger partial charge in [-0.2, -0.15) is 4.98 Å². The van der Waals surface area contributed by atoms with Crippen molar-refractivity contribution in [1.82, 2.24) is 15.0 Å². The molecule has 0 N–H and O–H groups in total. The van der Waals surface area contributed by atoms with Gasteiger partial charge in [0.15, 0.2) is 5.82 Å². The first-order valence-corrected chi connectivity index (χ1v) is 7.81. The lowest BCUT2D eigenvalue weighted by Crippen LogP contribution is -2.44. The van der Waals surface area contributed by atoms with E-state index < -0.39 is 0 Å². The van der Waals surface area contributed by atoms with Crippen LogP contribution in [0.2, 0.25) is 0 Å². The first-order valence-electron chi connectivity index (χ1n) is 7.81. The van der Waals surface area contributed by atoms with Crippen molar-refractivity contribution in [2.45, 2.75) is 50.1 Å². The van der Waals surface area contributed by atoms with Gasteiger partial charge < -0.3 is 4.52 Å². The third kappa shape index (κ3) is 2.09. The minimum atomic E-state index is 0.317. The average Bonchev–Trinajstić information content (AvgIpc) is 3.01. The van der Waals surface area contributed by atoms with Crippen molar-refractivity contribution >= 4 is 0 Å². The molecule has 3 heterocycles. The molecule has 2 unspecified atom stereocenters. The number of rotatable bonds is 2. The molecule has 0 spiro atoms. The van der Waals surface area contributed by atoms with E-state index in [1.54, 1.807) is 0 Å². The van der Waals surface area contributed by atoms with Gasteiger partial charge in [0.2, 0.25) is 5.89 Å². The highest BCUT2D eigenvalue weighted by Crippen LogP contribution is 2.50. The first kappa shape index (κ1) is 13.0. The largest absolute Gasteiger partial charge is 0.339 e. The van der Waals surface area contributed by atoms with Crippen molar-refractivity contribution in [2.24, 2.45) is 0 Å². The molecule has 1 aromatic heterocycles. The Hall–Kier alpha value is -1.68. The first-order chi connectivity index (χ1) is 10.2. The summed E-state index contributed by atoms with van der Waals surface area (Å²) >= 11 is 0. The minimum absolute atomic E-state index is 0.317. The fourth-order valence-corrected chi connectivity index (χ4v) is 4.29. The van der Waals surface area contributed by atoms with Crippen LogP contribution < -0.4 is 0 Å². The molecule has 2 aliphatic heterocycles. The molecule has 0 aliphatic carbocycles. The molecule has 0 radical (unpaired) electrons. The number of hydrogen-bond donors (Lipinski definition) is 0. The predicted octanol–water partition coefficient (Wildman–Crippen LogP) is 3.11. The zero-order chi connectivity index (χ0) is 14.4. The van der Waals surface area contributed by atoms with Gasteiger partial charge in [-0.15, -0.1) is 0 Å². The molecule has 1 aromatic carbocycles. The van der Waals surface area contributed by atoms with E-state index in [9.17, 15) is 0 Å². The standard InChI is InChI=1S/C17H21N3O/c1-11-18-17(21-19-11)16-14(12-6-4-3-5-7-12)10-13-8-9-15(16)20(13)2/h3-7,13-16H,8-10H2,1-2H3/t13-,14?,15?,16+/m1/s1. The van der Waals surface area contributed by atoms with Gasteiger partial charge in [0.25, 0.3) is 0 Å². The molecule has 110 valence electrons. The molecule has 4 rings (SSSR count). The van der Waals surface area contributed by atoms with E-state index in [1.165, 1.54) is 24.8 Å². The van der Waals surface area contributed by atoms with E-state index in [1.807, 2.05) is 6.92 Å². The summed E-state index contributed by atoms with van der Waals surface area (Å²) in [5.41, 5.74) is 1.41. The lowest BCUT2D eigenvalue weighted by Gasteiger charge is -2.41. The maximum absolute atomic E-state index is 5.57. The Kier molecular flexibility index (Phi) is 3.07. The number of likely N-dealkylation sites (N-methyl/N-ethyl adjacent to an activating group) is 1. The SMILES string of the molecule is Cc1noc([C@H]2C(c3ccccc3)C[C@H]3CCC2N3C)n1. The Morgan fingerprint density at radius 1 is 1.19 bits per heavy atom. The van der Waals surface area contributed by atoms with Gasteiger partial charge in [0.05, 0.1) is 5.92 Å². The number of benzene rings is 1. The topological polar surface area (TPSA) is 42.2 Å². The van der Waals surface area contributed by atoms with Gasteiger partial charge in [-0.05, 0) is 44.7 Å². The molecule has 4 atom stereocenters. The van der Waals surface area contributed by atoms with Gasteiger partial charge in [-0.3, -0.25) is 4.90 Å². The Labute approximate surface area is 125 Å². The van der Waals surface area contributed by atoms with Gasteiger partial charge in [-0.25, -0.2) is 0 Å². The highest BCUT2D eigenvalue weighted by Gasteiger charge is 2.48. The molecule has 2 bridgehead atoms. The molecule has 2 aliphatic rings. The summed E-state index contributed by atoms with van der Waals surface area (Å²) in [7, 11) is 2.25. The van der Waals surface area contributed by atoms with Crippen LogP contribution >= 0.6 is 0 Å². The Morgan fingerprint density at radius 3 is 2.71 bits per heavy atom. The Bertz CT molecular complexity index is 624. The smallest absolute Gasteiger partial charge is 0.231 e. The molecule has 2 aromatic rings. The van der Waals surface area contributed by atoms with Crippen molar-refractivity contribution < 1.29 is 4.52 Å². The Morgan fingerprint density at radius 2 is 2.00 bits per heavy atom. The monoisotopic (exact) mass is 283 g/mol. The van der Waals surface area contributed by atoms with E-state index in [2.05, 4.69) is 52.4 Å². The summed E-state index contributed by atoms with van der Waals surface area (Å²) in [5, 5.41) is 4.02. The lowest BCUT2D eigenvalue weighted by molar-refractivity contribution is 0.120. The van der Waals surface area contributed by atoms with Crippen LogP contribution in [0.1, 0.15) is 48.4 Å². The fraction of sp³-hybridized carbons (Fsp3) is 0.529.